The third-order valence-corrected chi connectivity index (χ3v) is 5.67. The third-order valence-electron chi connectivity index (χ3n) is 5.67. The normalized spacial score (nSPS) is 15.3. The summed E-state index contributed by atoms with van der Waals surface area (Å²) in [5, 5.41) is 0. The summed E-state index contributed by atoms with van der Waals surface area (Å²) in [5.74, 6) is 1.39. The molecule has 0 saturated carbocycles. The molecule has 0 radical (unpaired) electrons. The summed E-state index contributed by atoms with van der Waals surface area (Å²) < 4.78 is 5.72. The number of para-hydroxylation sites is 2. The van der Waals surface area contributed by atoms with Crippen LogP contribution in [0, 0.1) is 0 Å². The Morgan fingerprint density at radius 1 is 1.03 bits per heavy atom. The van der Waals surface area contributed by atoms with E-state index >= 15 is 0 Å². The molecule has 0 aliphatic carbocycles. The molecular weight excluding hydrogens is 362 g/mol. The van der Waals surface area contributed by atoms with Gasteiger partial charge >= 0.3 is 0 Å². The molecule has 0 unspecified atom stereocenters. The minimum atomic E-state index is 0.188. The Hall–Kier alpha value is -2.66. The van der Waals surface area contributed by atoms with Gasteiger partial charge in [-0.3, -0.25) is 9.69 Å². The van der Waals surface area contributed by atoms with Crippen molar-refractivity contribution >= 4 is 17.0 Å². The number of carbonyl (C=O) groups is 1. The fourth-order valence-corrected chi connectivity index (χ4v) is 3.82. The van der Waals surface area contributed by atoms with Crippen LogP contribution in [0.25, 0.3) is 11.1 Å². The summed E-state index contributed by atoms with van der Waals surface area (Å²) in [7, 11) is 0. The van der Waals surface area contributed by atoms with Gasteiger partial charge in [0.15, 0.2) is 11.5 Å². The van der Waals surface area contributed by atoms with Gasteiger partial charge in [0.25, 0.3) is 0 Å². The molecule has 0 atom stereocenters. The maximum Gasteiger partial charge on any atom is 0.223 e. The average molecular weight is 392 g/mol. The highest BCUT2D eigenvalue weighted by Gasteiger charge is 2.21. The van der Waals surface area contributed by atoms with E-state index in [2.05, 4.69) is 48.0 Å². The van der Waals surface area contributed by atoms with Crippen LogP contribution in [0.2, 0.25) is 0 Å². The van der Waals surface area contributed by atoms with E-state index in [0.717, 1.165) is 43.8 Å². The Morgan fingerprint density at radius 3 is 2.45 bits per heavy atom. The van der Waals surface area contributed by atoms with Gasteiger partial charge in [0.1, 0.15) is 5.52 Å². The molecule has 29 heavy (non-hydrogen) atoms. The fraction of sp³-hybridized carbons (Fsp3) is 0.417. The van der Waals surface area contributed by atoms with Gasteiger partial charge in [0.05, 0.1) is 0 Å². The first-order valence-corrected chi connectivity index (χ1v) is 10.5. The Morgan fingerprint density at radius 2 is 1.76 bits per heavy atom. The summed E-state index contributed by atoms with van der Waals surface area (Å²) in [5.41, 5.74) is 4.35. The molecule has 1 fully saturated rings. The van der Waals surface area contributed by atoms with Crippen LogP contribution in [-0.2, 0) is 17.8 Å². The topological polar surface area (TPSA) is 49.6 Å². The summed E-state index contributed by atoms with van der Waals surface area (Å²) in [4.78, 5) is 21.4. The smallest absolute Gasteiger partial charge is 0.223 e. The number of oxazole rings is 1. The van der Waals surface area contributed by atoms with E-state index in [1.165, 1.54) is 11.1 Å². The van der Waals surface area contributed by atoms with E-state index in [9.17, 15) is 4.79 Å². The van der Waals surface area contributed by atoms with E-state index in [4.69, 9.17) is 4.42 Å². The highest BCUT2D eigenvalue weighted by atomic mass is 16.3. The Labute approximate surface area is 172 Å². The van der Waals surface area contributed by atoms with Crippen molar-refractivity contribution in [2.75, 3.05) is 26.2 Å². The molecule has 3 aromatic rings. The lowest BCUT2D eigenvalue weighted by Crippen LogP contribution is -2.48. The van der Waals surface area contributed by atoms with E-state index in [0.29, 0.717) is 24.7 Å². The lowest BCUT2D eigenvalue weighted by atomic mass is 10.0. The lowest BCUT2D eigenvalue weighted by Gasteiger charge is -2.34. The molecule has 0 spiro atoms. The number of rotatable bonds is 6. The zero-order valence-electron chi connectivity index (χ0n) is 17.3. The predicted octanol–water partition coefficient (Wildman–Crippen LogP) is 4.23. The third kappa shape index (κ3) is 4.85. The predicted molar refractivity (Wildman–Crippen MR) is 115 cm³/mol. The van der Waals surface area contributed by atoms with Gasteiger partial charge in [-0.05, 0) is 29.2 Å². The SMILES string of the molecule is CC(C)c1ccc(CN2CCN(C(=O)CCc3nc4ccccc4o3)CC2)cc1. The molecule has 1 aliphatic heterocycles. The molecule has 1 amide bonds. The van der Waals surface area contributed by atoms with E-state index in [1.54, 1.807) is 0 Å². The van der Waals surface area contributed by atoms with Crippen molar-refractivity contribution in [3.8, 4) is 0 Å². The molecular formula is C24H29N3O2. The second-order valence-corrected chi connectivity index (χ2v) is 8.13. The van der Waals surface area contributed by atoms with Crippen LogP contribution in [0.3, 0.4) is 0 Å². The zero-order chi connectivity index (χ0) is 20.2. The van der Waals surface area contributed by atoms with Crippen molar-refractivity contribution in [1.82, 2.24) is 14.8 Å². The van der Waals surface area contributed by atoms with Gasteiger partial charge < -0.3 is 9.32 Å². The standard InChI is InChI=1S/C24H29N3O2/c1-18(2)20-9-7-19(8-10-20)17-26-13-15-27(16-14-26)24(28)12-11-23-25-21-5-3-4-6-22(21)29-23/h3-10,18H,11-17H2,1-2H3. The molecule has 2 heterocycles. The number of amides is 1. The molecule has 4 rings (SSSR count). The summed E-state index contributed by atoms with van der Waals surface area (Å²) in [6.07, 6.45) is 0.999. The van der Waals surface area contributed by atoms with Crippen molar-refractivity contribution in [2.24, 2.45) is 0 Å². The van der Waals surface area contributed by atoms with Crippen LogP contribution in [0.1, 0.15) is 43.2 Å². The van der Waals surface area contributed by atoms with Crippen LogP contribution in [-0.4, -0.2) is 46.9 Å². The van der Waals surface area contributed by atoms with Gasteiger partial charge in [-0.25, -0.2) is 4.98 Å². The van der Waals surface area contributed by atoms with Gasteiger partial charge in [0, 0.05) is 45.6 Å². The quantitative estimate of drug-likeness (QED) is 0.631. The van der Waals surface area contributed by atoms with Crippen molar-refractivity contribution in [3.63, 3.8) is 0 Å². The zero-order valence-corrected chi connectivity index (χ0v) is 17.3. The minimum Gasteiger partial charge on any atom is -0.441 e. The second kappa shape index (κ2) is 8.78. The minimum absolute atomic E-state index is 0.188. The number of fused-ring (bicyclic) bond motifs is 1. The van der Waals surface area contributed by atoms with E-state index < -0.39 is 0 Å². The number of aromatic nitrogens is 1. The largest absolute Gasteiger partial charge is 0.441 e. The summed E-state index contributed by atoms with van der Waals surface area (Å²) in [6.45, 7) is 8.79. The number of aryl methyl sites for hydroxylation is 1. The molecule has 1 aromatic heterocycles. The van der Waals surface area contributed by atoms with Crippen molar-refractivity contribution in [2.45, 2.75) is 39.2 Å². The van der Waals surface area contributed by atoms with Crippen LogP contribution < -0.4 is 0 Å². The van der Waals surface area contributed by atoms with Crippen LogP contribution in [0.15, 0.2) is 52.9 Å². The highest BCUT2D eigenvalue weighted by Crippen LogP contribution is 2.18. The first-order chi connectivity index (χ1) is 14.1. The molecule has 0 N–H and O–H groups in total. The number of nitrogens with zero attached hydrogens (tertiary/aromatic N) is 3. The molecule has 5 heteroatoms. The maximum absolute atomic E-state index is 12.6. The highest BCUT2D eigenvalue weighted by molar-refractivity contribution is 5.77. The number of hydrogen-bond acceptors (Lipinski definition) is 4. The molecule has 1 saturated heterocycles. The lowest BCUT2D eigenvalue weighted by molar-refractivity contribution is -0.133. The summed E-state index contributed by atoms with van der Waals surface area (Å²) >= 11 is 0. The van der Waals surface area contributed by atoms with Crippen molar-refractivity contribution in [3.05, 3.63) is 65.5 Å². The number of carbonyl (C=O) groups excluding carboxylic acids is 1. The van der Waals surface area contributed by atoms with Gasteiger partial charge in [-0.1, -0.05) is 50.2 Å². The molecule has 0 bridgehead atoms. The van der Waals surface area contributed by atoms with Gasteiger partial charge in [-0.2, -0.15) is 0 Å². The van der Waals surface area contributed by atoms with Gasteiger partial charge in [-0.15, -0.1) is 0 Å². The molecule has 2 aromatic carbocycles. The Bertz CT molecular complexity index is 921. The number of hydrogen-bond donors (Lipinski definition) is 0. The molecule has 5 nitrogen and oxygen atoms in total. The summed E-state index contributed by atoms with van der Waals surface area (Å²) in [6, 6.07) is 16.6. The van der Waals surface area contributed by atoms with Crippen molar-refractivity contribution in [1.29, 1.82) is 0 Å². The van der Waals surface area contributed by atoms with E-state index in [-0.39, 0.29) is 5.91 Å². The first kappa shape index (κ1) is 19.6. The Balaban J connectivity index is 1.24. The number of benzene rings is 2. The number of piperazine rings is 1. The second-order valence-electron chi connectivity index (χ2n) is 8.13. The molecule has 152 valence electrons. The maximum atomic E-state index is 12.6. The molecule has 1 aliphatic rings. The van der Waals surface area contributed by atoms with Crippen LogP contribution in [0.4, 0.5) is 0 Å². The Kier molecular flexibility index (Phi) is 5.95. The fourth-order valence-electron chi connectivity index (χ4n) is 3.82. The van der Waals surface area contributed by atoms with Crippen molar-refractivity contribution < 1.29 is 9.21 Å². The van der Waals surface area contributed by atoms with E-state index in [1.807, 2.05) is 29.2 Å². The van der Waals surface area contributed by atoms with Crippen LogP contribution in [0.5, 0.6) is 0 Å². The average Bonchev–Trinajstić information content (AvgIpc) is 3.16. The van der Waals surface area contributed by atoms with Crippen LogP contribution >= 0.6 is 0 Å². The monoisotopic (exact) mass is 391 g/mol. The van der Waals surface area contributed by atoms with Gasteiger partial charge in [0.2, 0.25) is 5.91 Å². The first-order valence-electron chi connectivity index (χ1n) is 10.5.